The third-order valence-corrected chi connectivity index (χ3v) is 6.50. The number of aryl methyl sites for hydroxylation is 1. The van der Waals surface area contributed by atoms with Gasteiger partial charge in [-0.05, 0) is 31.0 Å². The van der Waals surface area contributed by atoms with Crippen molar-refractivity contribution in [3.63, 3.8) is 0 Å². The number of amides is 2. The predicted molar refractivity (Wildman–Crippen MR) is 113 cm³/mol. The summed E-state index contributed by atoms with van der Waals surface area (Å²) in [6.45, 7) is 10.2. The molecule has 5 nitrogen and oxygen atoms in total. The van der Waals surface area contributed by atoms with Crippen molar-refractivity contribution in [3.8, 4) is 0 Å². The number of unbranched alkanes of at least 4 members (excludes halogenated alkanes) is 1. The first-order valence-corrected chi connectivity index (χ1v) is 10.6. The lowest BCUT2D eigenvalue weighted by atomic mass is 9.79. The van der Waals surface area contributed by atoms with Gasteiger partial charge in [-0.15, -0.1) is 0 Å². The van der Waals surface area contributed by atoms with Crippen LogP contribution in [-0.2, 0) is 14.4 Å². The fraction of sp³-hybridized carbons (Fsp3) is 0.542. The first-order valence-electron chi connectivity index (χ1n) is 10.6. The van der Waals surface area contributed by atoms with Crippen molar-refractivity contribution in [3.05, 3.63) is 35.4 Å². The number of imide groups is 1. The van der Waals surface area contributed by atoms with Gasteiger partial charge < -0.3 is 4.90 Å². The second-order valence-electron chi connectivity index (χ2n) is 9.61. The molecule has 0 saturated carbocycles. The van der Waals surface area contributed by atoms with Gasteiger partial charge in [-0.2, -0.15) is 0 Å². The molecule has 2 saturated heterocycles. The van der Waals surface area contributed by atoms with Gasteiger partial charge >= 0.3 is 0 Å². The van der Waals surface area contributed by atoms with Gasteiger partial charge in [-0.25, -0.2) is 0 Å². The zero-order valence-electron chi connectivity index (χ0n) is 17.9. The number of hydrogen-bond acceptors (Lipinski definition) is 4. The van der Waals surface area contributed by atoms with Crippen LogP contribution in [0.4, 0.5) is 5.69 Å². The minimum Gasteiger partial charge on any atom is -0.353 e. The van der Waals surface area contributed by atoms with Crippen molar-refractivity contribution < 1.29 is 14.4 Å². The first-order chi connectivity index (χ1) is 13.7. The summed E-state index contributed by atoms with van der Waals surface area (Å²) in [6.07, 6.45) is 5.76. The Hall–Kier alpha value is -2.43. The van der Waals surface area contributed by atoms with Crippen molar-refractivity contribution in [1.82, 2.24) is 4.90 Å². The maximum Gasteiger partial charge on any atom is 0.235 e. The molecule has 3 aliphatic rings. The fourth-order valence-electron chi connectivity index (χ4n) is 5.03. The highest BCUT2D eigenvalue weighted by molar-refractivity contribution is 6.11. The second-order valence-corrected chi connectivity index (χ2v) is 9.61. The highest BCUT2D eigenvalue weighted by Gasteiger charge is 2.64. The first kappa shape index (κ1) is 19.9. The molecule has 2 amide bonds. The molecule has 2 fully saturated rings. The molecule has 1 aromatic rings. The van der Waals surface area contributed by atoms with E-state index in [1.54, 1.807) is 0 Å². The number of likely N-dealkylation sites (tertiary alicyclic amines) is 1. The summed E-state index contributed by atoms with van der Waals surface area (Å²) in [7, 11) is 0. The molecule has 3 aliphatic heterocycles. The van der Waals surface area contributed by atoms with Crippen LogP contribution in [0, 0.1) is 24.2 Å². The summed E-state index contributed by atoms with van der Waals surface area (Å²) in [5.41, 5.74) is 2.52. The average Bonchev–Trinajstić information content (AvgIpc) is 3.12. The van der Waals surface area contributed by atoms with Crippen molar-refractivity contribution in [2.24, 2.45) is 17.3 Å². The monoisotopic (exact) mass is 394 g/mol. The van der Waals surface area contributed by atoms with Gasteiger partial charge in [0.1, 0.15) is 6.04 Å². The second kappa shape index (κ2) is 6.82. The van der Waals surface area contributed by atoms with Gasteiger partial charge in [-0.3, -0.25) is 19.3 Å². The molecule has 1 aromatic carbocycles. The molecule has 0 bridgehead atoms. The molecule has 0 unspecified atom stereocenters. The molecular formula is C24H30N2O3. The van der Waals surface area contributed by atoms with E-state index in [0.717, 1.165) is 29.7 Å². The average molecular weight is 395 g/mol. The molecule has 29 heavy (non-hydrogen) atoms. The van der Waals surface area contributed by atoms with Crippen LogP contribution in [0.15, 0.2) is 24.3 Å². The van der Waals surface area contributed by atoms with Gasteiger partial charge in [0.25, 0.3) is 0 Å². The highest BCUT2D eigenvalue weighted by Crippen LogP contribution is 2.49. The Bertz CT molecular complexity index is 911. The number of benzene rings is 1. The van der Waals surface area contributed by atoms with E-state index >= 15 is 0 Å². The summed E-state index contributed by atoms with van der Waals surface area (Å²) < 4.78 is 0. The number of ketones is 1. The van der Waals surface area contributed by atoms with Gasteiger partial charge in [0.2, 0.25) is 11.8 Å². The molecule has 0 N–H and O–H groups in total. The van der Waals surface area contributed by atoms with E-state index in [1.807, 2.05) is 58.9 Å². The van der Waals surface area contributed by atoms with Crippen LogP contribution < -0.4 is 4.90 Å². The van der Waals surface area contributed by atoms with Gasteiger partial charge in [0.05, 0.1) is 17.9 Å². The van der Waals surface area contributed by atoms with E-state index in [1.165, 1.54) is 4.90 Å². The van der Waals surface area contributed by atoms with Crippen LogP contribution in [0.5, 0.6) is 0 Å². The molecule has 0 aromatic heterocycles. The summed E-state index contributed by atoms with van der Waals surface area (Å²) >= 11 is 0. The Morgan fingerprint density at radius 3 is 2.45 bits per heavy atom. The van der Waals surface area contributed by atoms with Crippen molar-refractivity contribution in [2.75, 3.05) is 11.4 Å². The van der Waals surface area contributed by atoms with Gasteiger partial charge in [0, 0.05) is 17.6 Å². The standard InChI is InChI=1S/C24H30N2O3/c1-6-7-12-25-22(28)18-17-11-9-15-13-14(2)8-10-16(15)26(17)20(19(18)23(25)29)21(27)24(3,4)5/h8-11,13,17-20H,6-7,12H2,1-5H3/t17-,18-,19-,20+/m0/s1. The van der Waals surface area contributed by atoms with Gasteiger partial charge in [-0.1, -0.05) is 57.9 Å². The largest absolute Gasteiger partial charge is 0.353 e. The van der Waals surface area contributed by atoms with Crippen LogP contribution in [0.3, 0.4) is 0 Å². The molecule has 3 heterocycles. The fourth-order valence-corrected chi connectivity index (χ4v) is 5.03. The minimum absolute atomic E-state index is 0.0234. The summed E-state index contributed by atoms with van der Waals surface area (Å²) in [4.78, 5) is 43.7. The number of anilines is 1. The van der Waals surface area contributed by atoms with Crippen molar-refractivity contribution >= 4 is 29.4 Å². The number of carbonyl (C=O) groups excluding carboxylic acids is 3. The van der Waals surface area contributed by atoms with Crippen LogP contribution in [0.1, 0.15) is 51.7 Å². The van der Waals surface area contributed by atoms with E-state index in [2.05, 4.69) is 11.0 Å². The summed E-state index contributed by atoms with van der Waals surface area (Å²) in [5, 5.41) is 0. The van der Waals surface area contributed by atoms with Crippen molar-refractivity contribution in [2.45, 2.75) is 59.5 Å². The van der Waals surface area contributed by atoms with Crippen LogP contribution in [-0.4, -0.2) is 41.1 Å². The quantitative estimate of drug-likeness (QED) is 0.732. The number of rotatable bonds is 4. The zero-order chi connectivity index (χ0) is 21.1. The Labute approximate surface area is 172 Å². The number of carbonyl (C=O) groups is 3. The normalized spacial score (nSPS) is 27.9. The molecule has 4 atom stereocenters. The summed E-state index contributed by atoms with van der Waals surface area (Å²) in [5.74, 6) is -1.36. The predicted octanol–water partition coefficient (Wildman–Crippen LogP) is 3.60. The number of hydrogen-bond donors (Lipinski definition) is 0. The third kappa shape index (κ3) is 2.93. The lowest BCUT2D eigenvalue weighted by Crippen LogP contribution is -2.51. The summed E-state index contributed by atoms with van der Waals surface area (Å²) in [6, 6.07) is 5.27. The van der Waals surface area contributed by atoms with E-state index < -0.39 is 23.3 Å². The Morgan fingerprint density at radius 2 is 1.79 bits per heavy atom. The molecule has 0 radical (unpaired) electrons. The SMILES string of the molecule is CCCCN1C(=O)[C@@H]2[C@H](C1=O)[C@H](C(=O)C(C)(C)C)N1c3ccc(C)cc3C=C[C@@H]21. The van der Waals surface area contributed by atoms with Crippen LogP contribution >= 0.6 is 0 Å². The van der Waals surface area contributed by atoms with Gasteiger partial charge in [0.15, 0.2) is 5.78 Å². The topological polar surface area (TPSA) is 57.7 Å². The van der Waals surface area contributed by atoms with E-state index in [-0.39, 0.29) is 23.6 Å². The van der Waals surface area contributed by atoms with Crippen molar-refractivity contribution in [1.29, 1.82) is 0 Å². The Balaban J connectivity index is 1.83. The van der Waals surface area contributed by atoms with E-state index in [9.17, 15) is 14.4 Å². The maximum atomic E-state index is 13.6. The molecule has 0 spiro atoms. The highest BCUT2D eigenvalue weighted by atomic mass is 16.2. The van der Waals surface area contributed by atoms with E-state index in [0.29, 0.717) is 6.54 Å². The lowest BCUT2D eigenvalue weighted by Gasteiger charge is -2.38. The maximum absolute atomic E-state index is 13.6. The number of nitrogens with zero attached hydrogens (tertiary/aromatic N) is 2. The van der Waals surface area contributed by atoms with Crippen LogP contribution in [0.25, 0.3) is 6.08 Å². The minimum atomic E-state index is -0.612. The molecular weight excluding hydrogens is 364 g/mol. The lowest BCUT2D eigenvalue weighted by molar-refractivity contribution is -0.142. The smallest absolute Gasteiger partial charge is 0.235 e. The number of Topliss-reactive ketones (excluding diaryl/α,β-unsaturated/α-hetero) is 1. The molecule has 154 valence electrons. The Morgan fingerprint density at radius 1 is 1.10 bits per heavy atom. The number of fused-ring (bicyclic) bond motifs is 5. The molecule has 0 aliphatic carbocycles. The molecule has 5 heteroatoms. The van der Waals surface area contributed by atoms with E-state index in [4.69, 9.17) is 0 Å². The Kier molecular flexibility index (Phi) is 4.67. The third-order valence-electron chi connectivity index (χ3n) is 6.50. The zero-order valence-corrected chi connectivity index (χ0v) is 17.9. The van der Waals surface area contributed by atoms with Crippen LogP contribution in [0.2, 0.25) is 0 Å². The molecule has 4 rings (SSSR count).